The number of amides is 1. The summed E-state index contributed by atoms with van der Waals surface area (Å²) < 4.78 is 0. The molecule has 0 heterocycles. The van der Waals surface area contributed by atoms with Crippen molar-refractivity contribution < 1.29 is 14.7 Å². The van der Waals surface area contributed by atoms with E-state index in [2.05, 4.69) is 5.32 Å². The molecule has 0 fully saturated rings. The molecule has 0 saturated carbocycles. The first-order valence-electron chi connectivity index (χ1n) is 4.60. The van der Waals surface area contributed by atoms with Crippen molar-refractivity contribution in [2.45, 2.75) is 20.0 Å². The Bertz CT molecular complexity index is 368. The highest BCUT2D eigenvalue weighted by molar-refractivity contribution is 5.96. The van der Waals surface area contributed by atoms with Gasteiger partial charge >= 0.3 is 0 Å². The summed E-state index contributed by atoms with van der Waals surface area (Å²) in [5.41, 5.74) is 1.15. The highest BCUT2D eigenvalue weighted by Gasteiger charge is 2.08. The van der Waals surface area contributed by atoms with E-state index in [4.69, 9.17) is 5.11 Å². The summed E-state index contributed by atoms with van der Waals surface area (Å²) in [6.45, 7) is 2.86. The van der Waals surface area contributed by atoms with E-state index in [1.54, 1.807) is 24.3 Å². The van der Waals surface area contributed by atoms with E-state index in [0.29, 0.717) is 11.3 Å². The molecule has 0 spiro atoms. The lowest BCUT2D eigenvalue weighted by molar-refractivity contribution is -0.123. The maximum absolute atomic E-state index is 11.1. The number of hydrogen-bond donors (Lipinski definition) is 2. The molecular formula is C11H13NO3. The molecule has 0 radical (unpaired) electrons. The summed E-state index contributed by atoms with van der Waals surface area (Å²) in [7, 11) is 0. The van der Waals surface area contributed by atoms with Crippen molar-refractivity contribution in [3.63, 3.8) is 0 Å². The maximum atomic E-state index is 11.1. The molecule has 0 aliphatic heterocycles. The Kier molecular flexibility index (Phi) is 3.57. The number of carbonyl (C=O) groups excluding carboxylic acids is 2. The average molecular weight is 207 g/mol. The minimum absolute atomic E-state index is 0.0246. The van der Waals surface area contributed by atoms with Crippen molar-refractivity contribution >= 4 is 17.4 Å². The molecule has 1 rings (SSSR count). The van der Waals surface area contributed by atoms with Crippen molar-refractivity contribution in [1.82, 2.24) is 0 Å². The topological polar surface area (TPSA) is 66.4 Å². The molecule has 15 heavy (non-hydrogen) atoms. The molecule has 1 atom stereocenters. The second-order valence-electron chi connectivity index (χ2n) is 3.30. The number of Topliss-reactive ketones (excluding diaryl/α,β-unsaturated/α-hetero) is 1. The SMILES string of the molecule is CC(=O)c1ccc(NC(=O)C(C)O)cc1. The molecule has 0 aromatic heterocycles. The van der Waals surface area contributed by atoms with Gasteiger partial charge in [0.2, 0.25) is 0 Å². The predicted molar refractivity (Wildman–Crippen MR) is 56.8 cm³/mol. The summed E-state index contributed by atoms with van der Waals surface area (Å²) in [6, 6.07) is 6.49. The van der Waals surface area contributed by atoms with E-state index in [1.165, 1.54) is 13.8 Å². The molecule has 2 N–H and O–H groups in total. The van der Waals surface area contributed by atoms with Crippen LogP contribution in [0.25, 0.3) is 0 Å². The number of ketones is 1. The van der Waals surface area contributed by atoms with E-state index in [1.807, 2.05) is 0 Å². The van der Waals surface area contributed by atoms with E-state index < -0.39 is 12.0 Å². The van der Waals surface area contributed by atoms with E-state index in [0.717, 1.165) is 0 Å². The molecule has 1 unspecified atom stereocenters. The third-order valence-corrected chi connectivity index (χ3v) is 1.94. The Labute approximate surface area is 87.9 Å². The number of anilines is 1. The van der Waals surface area contributed by atoms with Crippen molar-refractivity contribution in [1.29, 1.82) is 0 Å². The van der Waals surface area contributed by atoms with Gasteiger partial charge in [-0.05, 0) is 38.1 Å². The number of aliphatic hydroxyl groups excluding tert-OH is 1. The molecule has 0 bridgehead atoms. The second-order valence-corrected chi connectivity index (χ2v) is 3.30. The lowest BCUT2D eigenvalue weighted by atomic mass is 10.1. The number of rotatable bonds is 3. The number of nitrogens with one attached hydrogen (secondary N) is 1. The zero-order valence-electron chi connectivity index (χ0n) is 8.65. The Morgan fingerprint density at radius 2 is 1.80 bits per heavy atom. The third-order valence-electron chi connectivity index (χ3n) is 1.94. The molecule has 80 valence electrons. The second kappa shape index (κ2) is 4.70. The quantitative estimate of drug-likeness (QED) is 0.732. The Hall–Kier alpha value is -1.68. The molecule has 0 aliphatic carbocycles. The van der Waals surface area contributed by atoms with Crippen molar-refractivity contribution in [2.75, 3.05) is 5.32 Å². The fourth-order valence-corrected chi connectivity index (χ4v) is 1.03. The van der Waals surface area contributed by atoms with Gasteiger partial charge in [-0.25, -0.2) is 0 Å². The average Bonchev–Trinajstić information content (AvgIpc) is 2.18. The monoisotopic (exact) mass is 207 g/mol. The van der Waals surface area contributed by atoms with Crippen LogP contribution in [0.3, 0.4) is 0 Å². The predicted octanol–water partition coefficient (Wildman–Crippen LogP) is 1.21. The number of benzene rings is 1. The summed E-state index contributed by atoms with van der Waals surface area (Å²) in [4.78, 5) is 22.1. The minimum Gasteiger partial charge on any atom is -0.384 e. The van der Waals surface area contributed by atoms with E-state index in [-0.39, 0.29) is 5.78 Å². The first-order valence-corrected chi connectivity index (χ1v) is 4.60. The number of hydrogen-bond acceptors (Lipinski definition) is 3. The van der Waals surface area contributed by atoms with Crippen LogP contribution >= 0.6 is 0 Å². The molecule has 1 amide bonds. The Balaban J connectivity index is 2.73. The smallest absolute Gasteiger partial charge is 0.252 e. The Morgan fingerprint density at radius 3 is 2.20 bits per heavy atom. The van der Waals surface area contributed by atoms with Crippen LogP contribution in [-0.4, -0.2) is 22.9 Å². The van der Waals surface area contributed by atoms with Crippen LogP contribution < -0.4 is 5.32 Å². The van der Waals surface area contributed by atoms with Gasteiger partial charge < -0.3 is 10.4 Å². The van der Waals surface area contributed by atoms with Crippen LogP contribution in [0, 0.1) is 0 Å². The lowest BCUT2D eigenvalue weighted by Gasteiger charge is -2.07. The van der Waals surface area contributed by atoms with Crippen LogP contribution in [0.5, 0.6) is 0 Å². The highest BCUT2D eigenvalue weighted by atomic mass is 16.3. The van der Waals surface area contributed by atoms with Gasteiger partial charge in [-0.1, -0.05) is 0 Å². The zero-order valence-corrected chi connectivity index (χ0v) is 8.65. The summed E-state index contributed by atoms with van der Waals surface area (Å²) >= 11 is 0. The van der Waals surface area contributed by atoms with Gasteiger partial charge in [-0.3, -0.25) is 9.59 Å². The van der Waals surface area contributed by atoms with Crippen LogP contribution in [0.15, 0.2) is 24.3 Å². The molecule has 0 saturated heterocycles. The van der Waals surface area contributed by atoms with Crippen LogP contribution in [0.2, 0.25) is 0 Å². The highest BCUT2D eigenvalue weighted by Crippen LogP contribution is 2.10. The standard InChI is InChI=1S/C11H13NO3/c1-7(13)9-3-5-10(6-4-9)12-11(15)8(2)14/h3-6,8,14H,1-2H3,(H,12,15). The molecule has 1 aromatic rings. The van der Waals surface area contributed by atoms with Gasteiger partial charge in [0.05, 0.1) is 0 Å². The third kappa shape index (κ3) is 3.18. The van der Waals surface area contributed by atoms with Crippen molar-refractivity contribution in [3.8, 4) is 0 Å². The van der Waals surface area contributed by atoms with Gasteiger partial charge in [0.25, 0.3) is 5.91 Å². The van der Waals surface area contributed by atoms with E-state index in [9.17, 15) is 9.59 Å². The lowest BCUT2D eigenvalue weighted by Crippen LogP contribution is -2.24. The molecular weight excluding hydrogens is 194 g/mol. The molecule has 0 aliphatic rings. The van der Waals surface area contributed by atoms with Gasteiger partial charge in [0.15, 0.2) is 5.78 Å². The van der Waals surface area contributed by atoms with Crippen molar-refractivity contribution in [2.24, 2.45) is 0 Å². The van der Waals surface area contributed by atoms with Crippen LogP contribution in [0.1, 0.15) is 24.2 Å². The first kappa shape index (κ1) is 11.4. The maximum Gasteiger partial charge on any atom is 0.252 e. The first-order chi connectivity index (χ1) is 7.00. The number of aliphatic hydroxyl groups is 1. The van der Waals surface area contributed by atoms with Gasteiger partial charge in [-0.15, -0.1) is 0 Å². The molecule has 4 nitrogen and oxygen atoms in total. The fourth-order valence-electron chi connectivity index (χ4n) is 1.03. The Morgan fingerprint density at radius 1 is 1.27 bits per heavy atom. The van der Waals surface area contributed by atoms with Gasteiger partial charge in [0.1, 0.15) is 6.10 Å². The van der Waals surface area contributed by atoms with Gasteiger partial charge in [0, 0.05) is 11.3 Å². The van der Waals surface area contributed by atoms with Gasteiger partial charge in [-0.2, -0.15) is 0 Å². The summed E-state index contributed by atoms with van der Waals surface area (Å²) in [5.74, 6) is -0.492. The zero-order chi connectivity index (χ0) is 11.4. The van der Waals surface area contributed by atoms with Crippen LogP contribution in [0.4, 0.5) is 5.69 Å². The molecule has 4 heteroatoms. The largest absolute Gasteiger partial charge is 0.384 e. The summed E-state index contributed by atoms with van der Waals surface area (Å²) in [5, 5.41) is 11.5. The summed E-state index contributed by atoms with van der Waals surface area (Å²) in [6.07, 6.45) is -1.04. The normalized spacial score (nSPS) is 11.9. The van der Waals surface area contributed by atoms with Crippen molar-refractivity contribution in [3.05, 3.63) is 29.8 Å². The van der Waals surface area contributed by atoms with E-state index >= 15 is 0 Å². The number of carbonyl (C=O) groups is 2. The van der Waals surface area contributed by atoms with Crippen LogP contribution in [-0.2, 0) is 4.79 Å². The molecule has 1 aromatic carbocycles. The fraction of sp³-hybridized carbons (Fsp3) is 0.273. The minimum atomic E-state index is -1.04.